The minimum Gasteiger partial charge on any atom is -0.494 e. The maximum absolute atomic E-state index is 12.4. The second-order valence-corrected chi connectivity index (χ2v) is 5.26. The number of amides is 2. The van der Waals surface area contributed by atoms with Crippen molar-refractivity contribution in [3.05, 3.63) is 59.7 Å². The van der Waals surface area contributed by atoms with E-state index < -0.39 is 0 Å². The summed E-state index contributed by atoms with van der Waals surface area (Å²) in [6, 6.07) is 14.8. The average molecular weight is 310 g/mol. The van der Waals surface area contributed by atoms with Crippen LogP contribution in [-0.2, 0) is 11.3 Å². The zero-order chi connectivity index (χ0) is 16.2. The average Bonchev–Trinajstić information content (AvgIpc) is 2.69. The number of carbonyl (C=O) groups is 2. The Morgan fingerprint density at radius 3 is 2.57 bits per heavy atom. The van der Waals surface area contributed by atoms with Crippen LogP contribution in [0.15, 0.2) is 48.5 Å². The molecule has 0 aliphatic carbocycles. The first kappa shape index (κ1) is 15.1. The van der Waals surface area contributed by atoms with Gasteiger partial charge in [-0.15, -0.1) is 0 Å². The minimum atomic E-state index is -0.219. The highest BCUT2D eigenvalue weighted by Crippen LogP contribution is 2.25. The normalized spacial score (nSPS) is 14.0. The number of nitrogens with one attached hydrogen (secondary N) is 1. The van der Waals surface area contributed by atoms with E-state index in [9.17, 15) is 9.59 Å². The fraction of sp³-hybridized carbons (Fsp3) is 0.222. The van der Waals surface area contributed by atoms with Gasteiger partial charge >= 0.3 is 0 Å². The Bertz CT molecular complexity index is 725. The molecule has 5 heteroatoms. The first-order chi connectivity index (χ1) is 11.2. The van der Waals surface area contributed by atoms with Crippen LogP contribution in [0.25, 0.3) is 0 Å². The van der Waals surface area contributed by atoms with Crippen LogP contribution >= 0.6 is 0 Å². The SMILES string of the molecule is CCOc1ccc(CN2C(=O)CNC(=O)c3ccccc32)cc1. The van der Waals surface area contributed by atoms with Gasteiger partial charge in [-0.05, 0) is 36.8 Å². The number of rotatable bonds is 4. The van der Waals surface area contributed by atoms with Crippen molar-refractivity contribution in [2.24, 2.45) is 0 Å². The summed E-state index contributed by atoms with van der Waals surface area (Å²) in [5.41, 5.74) is 2.14. The molecule has 0 radical (unpaired) electrons. The van der Waals surface area contributed by atoms with E-state index in [1.165, 1.54) is 0 Å². The number of nitrogens with zero attached hydrogens (tertiary/aromatic N) is 1. The van der Waals surface area contributed by atoms with Crippen molar-refractivity contribution in [1.82, 2.24) is 5.32 Å². The number of para-hydroxylation sites is 1. The zero-order valence-corrected chi connectivity index (χ0v) is 12.9. The lowest BCUT2D eigenvalue weighted by Crippen LogP contribution is -2.36. The van der Waals surface area contributed by atoms with Crippen molar-refractivity contribution >= 4 is 17.5 Å². The zero-order valence-electron chi connectivity index (χ0n) is 12.9. The number of hydrogen-bond donors (Lipinski definition) is 1. The van der Waals surface area contributed by atoms with Gasteiger partial charge in [0.25, 0.3) is 5.91 Å². The Kier molecular flexibility index (Phi) is 4.28. The maximum Gasteiger partial charge on any atom is 0.253 e. The number of carbonyl (C=O) groups excluding carboxylic acids is 2. The smallest absolute Gasteiger partial charge is 0.253 e. The molecule has 0 fully saturated rings. The van der Waals surface area contributed by atoms with Gasteiger partial charge in [-0.2, -0.15) is 0 Å². The van der Waals surface area contributed by atoms with Crippen LogP contribution in [0.5, 0.6) is 5.75 Å². The molecule has 0 aromatic heterocycles. The van der Waals surface area contributed by atoms with E-state index in [1.54, 1.807) is 23.1 Å². The van der Waals surface area contributed by atoms with Crippen molar-refractivity contribution < 1.29 is 14.3 Å². The summed E-state index contributed by atoms with van der Waals surface area (Å²) in [5.74, 6) is 0.455. The summed E-state index contributed by atoms with van der Waals surface area (Å²) in [4.78, 5) is 26.1. The summed E-state index contributed by atoms with van der Waals surface area (Å²) in [7, 11) is 0. The molecule has 1 aliphatic heterocycles. The number of benzene rings is 2. The van der Waals surface area contributed by atoms with Crippen LogP contribution in [0.3, 0.4) is 0 Å². The summed E-state index contributed by atoms with van der Waals surface area (Å²) in [6.07, 6.45) is 0. The van der Waals surface area contributed by atoms with E-state index in [2.05, 4.69) is 5.32 Å². The molecule has 3 rings (SSSR count). The third-order valence-electron chi connectivity index (χ3n) is 3.72. The summed E-state index contributed by atoms with van der Waals surface area (Å²) >= 11 is 0. The lowest BCUT2D eigenvalue weighted by atomic mass is 10.1. The van der Waals surface area contributed by atoms with Crippen LogP contribution in [-0.4, -0.2) is 25.0 Å². The van der Waals surface area contributed by atoms with Crippen LogP contribution in [0.4, 0.5) is 5.69 Å². The van der Waals surface area contributed by atoms with Gasteiger partial charge in [-0.25, -0.2) is 0 Å². The standard InChI is InChI=1S/C18H18N2O3/c1-2-23-14-9-7-13(8-10-14)12-20-16-6-4-3-5-15(16)18(22)19-11-17(20)21/h3-10H,2,11-12H2,1H3,(H,19,22). The maximum atomic E-state index is 12.4. The number of anilines is 1. The highest BCUT2D eigenvalue weighted by Gasteiger charge is 2.25. The number of hydrogen-bond acceptors (Lipinski definition) is 3. The molecule has 2 amide bonds. The Morgan fingerprint density at radius 1 is 1.09 bits per heavy atom. The van der Waals surface area contributed by atoms with Gasteiger partial charge in [0.1, 0.15) is 5.75 Å². The molecule has 0 atom stereocenters. The monoisotopic (exact) mass is 310 g/mol. The second kappa shape index (κ2) is 6.52. The predicted octanol–water partition coefficient (Wildman–Crippen LogP) is 2.36. The van der Waals surface area contributed by atoms with Gasteiger partial charge in [0.2, 0.25) is 5.91 Å². The first-order valence-corrected chi connectivity index (χ1v) is 7.58. The Balaban J connectivity index is 1.89. The quantitative estimate of drug-likeness (QED) is 0.943. The highest BCUT2D eigenvalue weighted by atomic mass is 16.5. The Labute approximate surface area is 134 Å². The van der Waals surface area contributed by atoms with Crippen LogP contribution < -0.4 is 15.0 Å². The molecular weight excluding hydrogens is 292 g/mol. The molecule has 0 saturated carbocycles. The highest BCUT2D eigenvalue weighted by molar-refractivity contribution is 6.09. The van der Waals surface area contributed by atoms with Gasteiger partial charge in [-0.3, -0.25) is 9.59 Å². The van der Waals surface area contributed by atoms with E-state index in [0.29, 0.717) is 24.4 Å². The fourth-order valence-corrected chi connectivity index (χ4v) is 2.60. The number of ether oxygens (including phenoxy) is 1. The molecule has 118 valence electrons. The third kappa shape index (κ3) is 3.18. The first-order valence-electron chi connectivity index (χ1n) is 7.58. The van der Waals surface area contributed by atoms with E-state index in [-0.39, 0.29) is 18.4 Å². The van der Waals surface area contributed by atoms with Crippen molar-refractivity contribution in [2.45, 2.75) is 13.5 Å². The molecule has 0 bridgehead atoms. The minimum absolute atomic E-state index is 0.00451. The van der Waals surface area contributed by atoms with E-state index >= 15 is 0 Å². The molecule has 1 heterocycles. The van der Waals surface area contributed by atoms with E-state index in [1.807, 2.05) is 37.3 Å². The summed E-state index contributed by atoms with van der Waals surface area (Å²) < 4.78 is 5.43. The van der Waals surface area contributed by atoms with Crippen LogP contribution in [0, 0.1) is 0 Å². The summed E-state index contributed by atoms with van der Waals surface area (Å²) in [5, 5.41) is 2.64. The lowest BCUT2D eigenvalue weighted by molar-refractivity contribution is -0.117. The van der Waals surface area contributed by atoms with Crippen LogP contribution in [0.1, 0.15) is 22.8 Å². The fourth-order valence-electron chi connectivity index (χ4n) is 2.60. The molecule has 5 nitrogen and oxygen atoms in total. The molecule has 1 N–H and O–H groups in total. The molecule has 2 aromatic rings. The Morgan fingerprint density at radius 2 is 1.83 bits per heavy atom. The number of fused-ring (bicyclic) bond motifs is 1. The third-order valence-corrected chi connectivity index (χ3v) is 3.72. The van der Waals surface area contributed by atoms with Gasteiger partial charge in [-0.1, -0.05) is 24.3 Å². The van der Waals surface area contributed by atoms with Crippen molar-refractivity contribution in [1.29, 1.82) is 0 Å². The largest absolute Gasteiger partial charge is 0.494 e. The van der Waals surface area contributed by atoms with Gasteiger partial charge in [0, 0.05) is 0 Å². The molecule has 0 unspecified atom stereocenters. The van der Waals surface area contributed by atoms with E-state index in [0.717, 1.165) is 11.3 Å². The molecule has 2 aromatic carbocycles. The molecule has 0 spiro atoms. The second-order valence-electron chi connectivity index (χ2n) is 5.26. The van der Waals surface area contributed by atoms with Gasteiger partial charge < -0.3 is 15.0 Å². The van der Waals surface area contributed by atoms with Crippen molar-refractivity contribution in [2.75, 3.05) is 18.1 Å². The van der Waals surface area contributed by atoms with Crippen molar-refractivity contribution in [3.63, 3.8) is 0 Å². The molecule has 1 aliphatic rings. The van der Waals surface area contributed by atoms with E-state index in [4.69, 9.17) is 4.74 Å². The van der Waals surface area contributed by atoms with Gasteiger partial charge in [0.15, 0.2) is 0 Å². The molecule has 23 heavy (non-hydrogen) atoms. The molecular formula is C18H18N2O3. The van der Waals surface area contributed by atoms with Crippen molar-refractivity contribution in [3.8, 4) is 5.75 Å². The predicted molar refractivity (Wildman–Crippen MR) is 87.6 cm³/mol. The van der Waals surface area contributed by atoms with Gasteiger partial charge in [0.05, 0.1) is 30.9 Å². The summed E-state index contributed by atoms with van der Waals surface area (Å²) in [6.45, 7) is 2.97. The Hall–Kier alpha value is -2.82. The van der Waals surface area contributed by atoms with Crippen LogP contribution in [0.2, 0.25) is 0 Å². The topological polar surface area (TPSA) is 58.6 Å². The lowest BCUT2D eigenvalue weighted by Gasteiger charge is -2.22. The molecule has 0 saturated heterocycles.